The number of ether oxygens (including phenoxy) is 3. The van der Waals surface area contributed by atoms with Crippen molar-refractivity contribution in [3.8, 4) is 11.5 Å². The fourth-order valence-electron chi connectivity index (χ4n) is 2.98. The first kappa shape index (κ1) is 13.7. The molecule has 2 heterocycles. The molecule has 110 valence electrons. The molecule has 0 saturated carbocycles. The summed E-state index contributed by atoms with van der Waals surface area (Å²) in [5, 5.41) is 3.66. The van der Waals surface area contributed by atoms with Crippen LogP contribution in [0.3, 0.4) is 0 Å². The Balaban J connectivity index is 1.55. The lowest BCUT2D eigenvalue weighted by molar-refractivity contribution is 0.0755. The summed E-state index contributed by atoms with van der Waals surface area (Å²) in [6.45, 7) is 3.56. The third kappa shape index (κ3) is 3.07. The van der Waals surface area contributed by atoms with Crippen LogP contribution in [0.15, 0.2) is 18.2 Å². The smallest absolute Gasteiger partial charge is 0.164 e. The van der Waals surface area contributed by atoms with Crippen LogP contribution in [0.5, 0.6) is 11.5 Å². The monoisotopic (exact) mass is 277 g/mol. The van der Waals surface area contributed by atoms with Crippen LogP contribution in [-0.4, -0.2) is 39.5 Å². The Morgan fingerprint density at radius 2 is 2.15 bits per heavy atom. The van der Waals surface area contributed by atoms with Gasteiger partial charge in [0.1, 0.15) is 0 Å². The Morgan fingerprint density at radius 3 is 2.95 bits per heavy atom. The zero-order valence-corrected chi connectivity index (χ0v) is 12.1. The van der Waals surface area contributed by atoms with Gasteiger partial charge in [0.05, 0.1) is 13.7 Å². The largest absolute Gasteiger partial charge is 0.493 e. The first-order valence-corrected chi connectivity index (χ1v) is 7.46. The van der Waals surface area contributed by atoms with Crippen molar-refractivity contribution in [2.75, 3.05) is 33.5 Å². The maximum Gasteiger partial charge on any atom is 0.164 e. The second kappa shape index (κ2) is 6.46. The molecule has 0 aliphatic carbocycles. The second-order valence-corrected chi connectivity index (χ2v) is 5.62. The van der Waals surface area contributed by atoms with E-state index in [-0.39, 0.29) is 0 Å². The highest BCUT2D eigenvalue weighted by Crippen LogP contribution is 2.35. The number of benzene rings is 1. The number of hydrogen-bond acceptors (Lipinski definition) is 4. The third-order valence-electron chi connectivity index (χ3n) is 4.17. The fourth-order valence-corrected chi connectivity index (χ4v) is 2.98. The van der Waals surface area contributed by atoms with E-state index in [1.54, 1.807) is 7.11 Å². The van der Waals surface area contributed by atoms with Crippen LogP contribution in [0.1, 0.15) is 18.4 Å². The molecule has 0 radical (unpaired) electrons. The molecule has 1 unspecified atom stereocenters. The fraction of sp³-hybridized carbons (Fsp3) is 0.625. The van der Waals surface area contributed by atoms with E-state index in [1.165, 1.54) is 5.56 Å². The van der Waals surface area contributed by atoms with Crippen LogP contribution in [-0.2, 0) is 11.2 Å². The lowest BCUT2D eigenvalue weighted by Crippen LogP contribution is -2.40. The normalized spacial score (nSPS) is 22.9. The predicted octanol–water partition coefficient (Wildman–Crippen LogP) is 2.01. The minimum atomic E-state index is 0.539. The van der Waals surface area contributed by atoms with E-state index in [0.29, 0.717) is 12.0 Å². The summed E-state index contributed by atoms with van der Waals surface area (Å²) in [6, 6.07) is 6.74. The minimum absolute atomic E-state index is 0.539. The number of fused-ring (bicyclic) bond motifs is 1. The van der Waals surface area contributed by atoms with Crippen molar-refractivity contribution in [1.82, 2.24) is 5.32 Å². The number of rotatable bonds is 4. The summed E-state index contributed by atoms with van der Waals surface area (Å²) < 4.78 is 16.6. The molecule has 2 aliphatic heterocycles. The van der Waals surface area contributed by atoms with E-state index in [4.69, 9.17) is 14.2 Å². The molecule has 1 atom stereocenters. The molecule has 4 heteroatoms. The van der Waals surface area contributed by atoms with E-state index in [0.717, 1.165) is 57.1 Å². The minimum Gasteiger partial charge on any atom is -0.493 e. The van der Waals surface area contributed by atoms with Gasteiger partial charge in [-0.05, 0) is 30.9 Å². The zero-order chi connectivity index (χ0) is 13.8. The van der Waals surface area contributed by atoms with E-state index < -0.39 is 0 Å². The molecule has 1 fully saturated rings. The lowest BCUT2D eigenvalue weighted by atomic mass is 9.95. The van der Waals surface area contributed by atoms with Crippen LogP contribution in [0.2, 0.25) is 0 Å². The van der Waals surface area contributed by atoms with Crippen molar-refractivity contribution in [3.05, 3.63) is 23.8 Å². The van der Waals surface area contributed by atoms with Gasteiger partial charge in [0.25, 0.3) is 0 Å². The predicted molar refractivity (Wildman–Crippen MR) is 77.5 cm³/mol. The topological polar surface area (TPSA) is 39.7 Å². The highest BCUT2D eigenvalue weighted by Gasteiger charge is 2.23. The molecule has 1 aromatic rings. The molecule has 2 aliphatic rings. The highest BCUT2D eigenvalue weighted by atomic mass is 16.5. The Labute approximate surface area is 120 Å². The van der Waals surface area contributed by atoms with Gasteiger partial charge in [-0.25, -0.2) is 0 Å². The molecule has 0 aromatic heterocycles. The lowest BCUT2D eigenvalue weighted by Gasteiger charge is -2.29. The van der Waals surface area contributed by atoms with Gasteiger partial charge < -0.3 is 19.5 Å². The molecule has 4 nitrogen and oxygen atoms in total. The van der Waals surface area contributed by atoms with Gasteiger partial charge in [-0.1, -0.05) is 12.1 Å². The molecular formula is C16H23NO3. The average molecular weight is 277 g/mol. The van der Waals surface area contributed by atoms with E-state index in [2.05, 4.69) is 11.4 Å². The Hall–Kier alpha value is -1.26. The van der Waals surface area contributed by atoms with Crippen molar-refractivity contribution in [2.24, 2.45) is 5.92 Å². The van der Waals surface area contributed by atoms with Gasteiger partial charge in [0.15, 0.2) is 11.5 Å². The molecule has 0 spiro atoms. The zero-order valence-electron chi connectivity index (χ0n) is 12.1. The van der Waals surface area contributed by atoms with Crippen LogP contribution < -0.4 is 14.8 Å². The van der Waals surface area contributed by atoms with Gasteiger partial charge in [0.2, 0.25) is 0 Å². The van der Waals surface area contributed by atoms with Crippen LogP contribution in [0.25, 0.3) is 0 Å². The molecular weight excluding hydrogens is 254 g/mol. The summed E-state index contributed by atoms with van der Waals surface area (Å²) in [5.41, 5.74) is 1.26. The van der Waals surface area contributed by atoms with Crippen molar-refractivity contribution in [2.45, 2.75) is 25.3 Å². The van der Waals surface area contributed by atoms with Gasteiger partial charge in [-0.3, -0.25) is 0 Å². The number of methoxy groups -OCH3 is 1. The summed E-state index contributed by atoms with van der Waals surface area (Å²) in [6.07, 6.45) is 3.30. The SMILES string of the molecule is COc1cccc2c1OCC(CNC1CCOCC1)C2. The second-order valence-electron chi connectivity index (χ2n) is 5.62. The summed E-state index contributed by atoms with van der Waals surface area (Å²) >= 11 is 0. The van der Waals surface area contributed by atoms with Gasteiger partial charge in [0, 0.05) is 31.7 Å². The maximum absolute atomic E-state index is 5.91. The molecule has 0 amide bonds. The Bertz CT molecular complexity index is 443. The first-order valence-electron chi connectivity index (χ1n) is 7.46. The van der Waals surface area contributed by atoms with Crippen molar-refractivity contribution in [3.63, 3.8) is 0 Å². The number of hydrogen-bond donors (Lipinski definition) is 1. The number of para-hydroxylation sites is 1. The summed E-state index contributed by atoms with van der Waals surface area (Å²) in [4.78, 5) is 0. The maximum atomic E-state index is 5.91. The molecule has 20 heavy (non-hydrogen) atoms. The van der Waals surface area contributed by atoms with Gasteiger partial charge >= 0.3 is 0 Å². The Morgan fingerprint density at radius 1 is 1.30 bits per heavy atom. The summed E-state index contributed by atoms with van der Waals surface area (Å²) in [5.74, 6) is 2.31. The number of nitrogens with one attached hydrogen (secondary N) is 1. The highest BCUT2D eigenvalue weighted by molar-refractivity contribution is 5.47. The van der Waals surface area contributed by atoms with E-state index in [1.807, 2.05) is 12.1 Å². The molecule has 0 bridgehead atoms. The summed E-state index contributed by atoms with van der Waals surface area (Å²) in [7, 11) is 1.69. The van der Waals surface area contributed by atoms with Crippen molar-refractivity contribution < 1.29 is 14.2 Å². The van der Waals surface area contributed by atoms with E-state index >= 15 is 0 Å². The standard InChI is InChI=1S/C16H23NO3/c1-18-15-4-2-3-13-9-12(11-20-16(13)15)10-17-14-5-7-19-8-6-14/h2-4,12,14,17H,5-11H2,1H3. The van der Waals surface area contributed by atoms with Crippen LogP contribution >= 0.6 is 0 Å². The van der Waals surface area contributed by atoms with E-state index in [9.17, 15) is 0 Å². The van der Waals surface area contributed by atoms with Gasteiger partial charge in [-0.15, -0.1) is 0 Å². The van der Waals surface area contributed by atoms with Crippen LogP contribution in [0.4, 0.5) is 0 Å². The molecule has 1 N–H and O–H groups in total. The molecule has 3 rings (SSSR count). The average Bonchev–Trinajstić information content (AvgIpc) is 2.53. The molecule has 1 saturated heterocycles. The first-order chi connectivity index (χ1) is 9.86. The third-order valence-corrected chi connectivity index (χ3v) is 4.17. The van der Waals surface area contributed by atoms with Crippen molar-refractivity contribution >= 4 is 0 Å². The van der Waals surface area contributed by atoms with Gasteiger partial charge in [-0.2, -0.15) is 0 Å². The molecule has 1 aromatic carbocycles. The quantitative estimate of drug-likeness (QED) is 0.914. The van der Waals surface area contributed by atoms with Crippen molar-refractivity contribution in [1.29, 1.82) is 0 Å². The Kier molecular flexibility index (Phi) is 4.43. The van der Waals surface area contributed by atoms with Crippen LogP contribution in [0, 0.1) is 5.92 Å².